The molecule has 0 unspecified atom stereocenters. The average molecular weight is 824 g/mol. The summed E-state index contributed by atoms with van der Waals surface area (Å²) in [4.78, 5) is 127. The van der Waals surface area contributed by atoms with Gasteiger partial charge in [-0.3, -0.25) is 43.2 Å². The lowest BCUT2D eigenvalue weighted by molar-refractivity contribution is -0.145. The van der Waals surface area contributed by atoms with Crippen LogP contribution in [0.25, 0.3) is 0 Å². The number of rotatable bonds is 23. The van der Waals surface area contributed by atoms with Gasteiger partial charge in [0.05, 0.1) is 31.6 Å². The summed E-state index contributed by atoms with van der Waals surface area (Å²) in [5.41, 5.74) is 16.7. The van der Waals surface area contributed by atoms with Gasteiger partial charge in [-0.15, -0.1) is 0 Å². The Bertz CT molecular complexity index is 1710. The highest BCUT2D eigenvalue weighted by Crippen LogP contribution is 2.20. The summed E-state index contributed by atoms with van der Waals surface area (Å²) in [6.45, 7) is -0.127. The molecule has 1 aliphatic heterocycles. The van der Waals surface area contributed by atoms with Crippen molar-refractivity contribution in [2.24, 2.45) is 17.2 Å². The number of aliphatic hydroxyl groups excluding tert-OH is 2. The van der Waals surface area contributed by atoms with E-state index >= 15 is 0 Å². The maximum absolute atomic E-state index is 13.9. The molecule has 0 aliphatic carbocycles. The highest BCUT2D eigenvalue weighted by atomic mass is 16.4. The Morgan fingerprint density at radius 2 is 1.33 bits per heavy atom. The third-order valence-electron chi connectivity index (χ3n) is 8.77. The van der Waals surface area contributed by atoms with Crippen LogP contribution in [0.5, 0.6) is 5.75 Å². The molecule has 1 aliphatic rings. The molecule has 0 aromatic heterocycles. The van der Waals surface area contributed by atoms with E-state index in [9.17, 15) is 73.5 Å². The summed E-state index contributed by atoms with van der Waals surface area (Å²) < 4.78 is 0. The normalized spacial score (nSPS) is 17.2. The second kappa shape index (κ2) is 22.4. The number of phenols is 1. The number of nitrogens with zero attached hydrogens (tertiary/aromatic N) is 1. The number of nitrogens with two attached hydrogens (primary N) is 3. The molecule has 1 fully saturated rings. The minimum absolute atomic E-state index is 0.0169. The van der Waals surface area contributed by atoms with Crippen LogP contribution >= 0.6 is 0 Å². The quantitative estimate of drug-likeness (QED) is 0.0488. The van der Waals surface area contributed by atoms with Gasteiger partial charge >= 0.3 is 11.9 Å². The fraction of sp³-hybridized carbons (Fsp3) is 0.529. The van der Waals surface area contributed by atoms with Crippen molar-refractivity contribution >= 4 is 59.2 Å². The molecule has 16 N–H and O–H groups in total. The number of nitrogens with one attached hydrogen (secondary N) is 5. The number of aromatic hydroxyl groups is 1. The number of phenolic OH excluding ortho intramolecular Hbond substituents is 1. The summed E-state index contributed by atoms with van der Waals surface area (Å²) in [5.74, 6) is -11.5. The Morgan fingerprint density at radius 1 is 0.776 bits per heavy atom. The second-order valence-electron chi connectivity index (χ2n) is 13.4. The number of hydrogen-bond donors (Lipinski definition) is 13. The van der Waals surface area contributed by atoms with E-state index in [2.05, 4.69) is 21.3 Å². The van der Waals surface area contributed by atoms with Gasteiger partial charge in [0, 0.05) is 19.4 Å². The summed E-state index contributed by atoms with van der Waals surface area (Å²) in [6.07, 6.45) is -4.26. The first-order valence-electron chi connectivity index (χ1n) is 17.8. The Balaban J connectivity index is 2.32. The zero-order valence-corrected chi connectivity index (χ0v) is 31.3. The molecule has 0 spiro atoms. The summed E-state index contributed by atoms with van der Waals surface area (Å²) >= 11 is 0. The zero-order chi connectivity index (χ0) is 43.9. The fourth-order valence-electron chi connectivity index (χ4n) is 5.76. The lowest BCUT2D eigenvalue weighted by Gasteiger charge is -2.30. The largest absolute Gasteiger partial charge is 0.508 e. The van der Waals surface area contributed by atoms with E-state index in [1.807, 2.05) is 5.32 Å². The van der Waals surface area contributed by atoms with E-state index in [-0.39, 0.29) is 31.6 Å². The molecular formula is C34H49N9O15. The number of aliphatic hydroxyl groups is 2. The van der Waals surface area contributed by atoms with Gasteiger partial charge in [0.1, 0.15) is 36.0 Å². The van der Waals surface area contributed by atoms with E-state index in [4.69, 9.17) is 17.2 Å². The van der Waals surface area contributed by atoms with Gasteiger partial charge in [0.25, 0.3) is 0 Å². The van der Waals surface area contributed by atoms with Gasteiger partial charge < -0.3 is 74.2 Å². The van der Waals surface area contributed by atoms with Gasteiger partial charge in [-0.25, -0.2) is 4.79 Å². The maximum atomic E-state index is 13.9. The van der Waals surface area contributed by atoms with Crippen molar-refractivity contribution in [2.75, 3.05) is 13.2 Å². The van der Waals surface area contributed by atoms with Crippen molar-refractivity contribution in [1.82, 2.24) is 31.5 Å². The van der Waals surface area contributed by atoms with Crippen LogP contribution in [0.4, 0.5) is 0 Å². The highest BCUT2D eigenvalue weighted by Gasteiger charge is 2.40. The van der Waals surface area contributed by atoms with Crippen molar-refractivity contribution < 1.29 is 73.5 Å². The number of carbonyl (C=O) groups excluding carboxylic acids is 8. The molecule has 1 saturated heterocycles. The van der Waals surface area contributed by atoms with E-state index < -0.39 is 140 Å². The predicted octanol–water partition coefficient (Wildman–Crippen LogP) is -6.25. The van der Waals surface area contributed by atoms with Gasteiger partial charge in [-0.1, -0.05) is 12.1 Å². The number of primary amides is 2. The molecule has 0 saturated carbocycles. The molecule has 8 amide bonds. The number of likely N-dealkylation sites (tertiary alicyclic amines) is 1. The Labute approximate surface area is 330 Å². The molecule has 320 valence electrons. The molecule has 2 rings (SSSR count). The van der Waals surface area contributed by atoms with Gasteiger partial charge in [0.15, 0.2) is 6.04 Å². The van der Waals surface area contributed by atoms with Crippen LogP contribution < -0.4 is 43.8 Å². The Morgan fingerprint density at radius 3 is 1.86 bits per heavy atom. The van der Waals surface area contributed by atoms with Crippen molar-refractivity contribution in [3.63, 3.8) is 0 Å². The molecule has 1 aromatic rings. The number of carbonyl (C=O) groups is 10. The van der Waals surface area contributed by atoms with E-state index in [0.717, 1.165) is 11.8 Å². The Kier molecular flexibility index (Phi) is 18.4. The van der Waals surface area contributed by atoms with Gasteiger partial charge in [-0.05, 0) is 43.9 Å². The first kappa shape index (κ1) is 47.8. The highest BCUT2D eigenvalue weighted by molar-refractivity contribution is 5.99. The maximum Gasteiger partial charge on any atom is 0.328 e. The summed E-state index contributed by atoms with van der Waals surface area (Å²) in [6, 6.07) is -5.91. The van der Waals surface area contributed by atoms with E-state index in [1.54, 1.807) is 0 Å². The topological polar surface area (TPSA) is 413 Å². The smallest absolute Gasteiger partial charge is 0.328 e. The number of hydrogen-bond acceptors (Lipinski definition) is 14. The third kappa shape index (κ3) is 14.9. The minimum Gasteiger partial charge on any atom is -0.508 e. The predicted molar refractivity (Wildman–Crippen MR) is 195 cm³/mol. The van der Waals surface area contributed by atoms with Crippen molar-refractivity contribution in [1.29, 1.82) is 0 Å². The third-order valence-corrected chi connectivity index (χ3v) is 8.77. The molecule has 58 heavy (non-hydrogen) atoms. The van der Waals surface area contributed by atoms with E-state index in [1.165, 1.54) is 24.3 Å². The summed E-state index contributed by atoms with van der Waals surface area (Å²) in [7, 11) is 0. The molecule has 1 heterocycles. The molecule has 0 bridgehead atoms. The molecule has 24 heteroatoms. The standard InChI is InChI=1S/C34H49N9O15/c1-15(45)27(34(57)58)42-31(54)22(14-44)41-29(52)19(8-9-26(49)50)38-32(55)23-3-2-10-43(23)33(56)21(13-25(37)48)40-30(53)20(11-16-4-6-17(46)7-5-16)39-28(51)18(35)12-24(36)47/h4-7,15,18-23,27,44-46H,2-3,8-14,35H2,1H3,(H2,36,47)(H2,37,48)(H,38,55)(H,39,51)(H,40,53)(H,41,52)(H,42,54)(H,49,50)(H,57,58)/t15-,18+,19+,20+,21+,22+,23+,27+/m1/s1. The van der Waals surface area contributed by atoms with Crippen LogP contribution in [0.3, 0.4) is 0 Å². The van der Waals surface area contributed by atoms with Crippen LogP contribution in [0.15, 0.2) is 24.3 Å². The first-order chi connectivity index (χ1) is 27.1. The van der Waals surface area contributed by atoms with Crippen molar-refractivity contribution in [3.05, 3.63) is 29.8 Å². The number of aliphatic carboxylic acids is 2. The molecule has 24 nitrogen and oxygen atoms in total. The number of amides is 8. The van der Waals surface area contributed by atoms with Crippen LogP contribution in [0.1, 0.15) is 51.0 Å². The second-order valence-corrected chi connectivity index (χ2v) is 13.4. The minimum atomic E-state index is -1.83. The fourth-order valence-corrected chi connectivity index (χ4v) is 5.76. The van der Waals surface area contributed by atoms with Crippen molar-refractivity contribution in [2.45, 2.75) is 100 Å². The van der Waals surface area contributed by atoms with Gasteiger partial charge in [-0.2, -0.15) is 0 Å². The molecular weight excluding hydrogens is 774 g/mol. The zero-order valence-electron chi connectivity index (χ0n) is 31.3. The lowest BCUT2D eigenvalue weighted by atomic mass is 10.0. The van der Waals surface area contributed by atoms with Crippen LogP contribution in [0, 0.1) is 0 Å². The summed E-state index contributed by atoms with van der Waals surface area (Å²) in [5, 5.41) is 58.6. The van der Waals surface area contributed by atoms with Crippen molar-refractivity contribution in [3.8, 4) is 5.75 Å². The molecule has 1 aromatic carbocycles. The Hall–Kier alpha value is -6.40. The van der Waals surface area contributed by atoms with Crippen LogP contribution in [-0.4, -0.2) is 151 Å². The molecule has 0 radical (unpaired) electrons. The van der Waals surface area contributed by atoms with E-state index in [0.29, 0.717) is 5.56 Å². The first-order valence-corrected chi connectivity index (χ1v) is 17.8. The average Bonchev–Trinajstić information content (AvgIpc) is 3.63. The SMILES string of the molecule is C[C@@H](O)[C@H](NC(=O)[C@H](CO)NC(=O)[C@H](CCC(=O)O)NC(=O)[C@@H]1CCCN1C(=O)[C@H](CC(N)=O)NC(=O)[C@H](Cc1ccc(O)cc1)NC(=O)[C@@H](N)CC(N)=O)C(=O)O. The molecule has 8 atom stereocenters. The number of benzene rings is 1. The van der Waals surface area contributed by atoms with Crippen LogP contribution in [0.2, 0.25) is 0 Å². The number of carboxylic acid groups (broad SMARTS) is 2. The lowest BCUT2D eigenvalue weighted by Crippen LogP contribution is -2.60. The van der Waals surface area contributed by atoms with Crippen LogP contribution in [-0.2, 0) is 54.4 Å². The monoisotopic (exact) mass is 823 g/mol. The van der Waals surface area contributed by atoms with Gasteiger partial charge in [0.2, 0.25) is 47.3 Å². The number of carboxylic acids is 2.